The number of nitrogens with one attached hydrogen (secondary N) is 1. The third-order valence-corrected chi connectivity index (χ3v) is 9.67. The molecule has 7 aromatic rings. The van der Waals surface area contributed by atoms with E-state index in [2.05, 4.69) is 145 Å². The molecule has 0 spiro atoms. The Morgan fingerprint density at radius 2 is 1.30 bits per heavy atom. The van der Waals surface area contributed by atoms with Crippen molar-refractivity contribution in [3.63, 3.8) is 0 Å². The molecule has 1 aliphatic carbocycles. The summed E-state index contributed by atoms with van der Waals surface area (Å²) in [6, 6.07) is 51.7. The largest absolute Gasteiger partial charge is 0.344 e. The van der Waals surface area contributed by atoms with Crippen LogP contribution in [0, 0.1) is 0 Å². The molecular weight excluding hydrogens is 560 g/mol. The molecule has 1 aromatic heterocycles. The van der Waals surface area contributed by atoms with Crippen molar-refractivity contribution < 1.29 is 0 Å². The fraction of sp³-hybridized carbons (Fsp3) is 0.0952. The summed E-state index contributed by atoms with van der Waals surface area (Å²) in [4.78, 5) is 10.1. The SMILES string of the molecule is CC1(C)c2ccccc2-c2c1ccc1c2c2ccccc2n1-c1ccc(C2=NC(c3ccccc3)NC(c3ccccc3)=N2)cc1. The van der Waals surface area contributed by atoms with E-state index in [0.717, 1.165) is 34.0 Å². The van der Waals surface area contributed by atoms with E-state index >= 15 is 0 Å². The van der Waals surface area contributed by atoms with Crippen molar-refractivity contribution in [2.75, 3.05) is 0 Å². The number of rotatable bonds is 4. The van der Waals surface area contributed by atoms with E-state index in [1.807, 2.05) is 24.3 Å². The maximum atomic E-state index is 5.08. The number of para-hydroxylation sites is 1. The average Bonchev–Trinajstić information content (AvgIpc) is 3.58. The fourth-order valence-electron chi connectivity index (χ4n) is 7.42. The van der Waals surface area contributed by atoms with Crippen molar-refractivity contribution in [1.82, 2.24) is 9.88 Å². The minimum Gasteiger partial charge on any atom is -0.344 e. The number of amidine groups is 2. The van der Waals surface area contributed by atoms with Crippen LogP contribution in [0.4, 0.5) is 0 Å². The highest BCUT2D eigenvalue weighted by Crippen LogP contribution is 2.53. The highest BCUT2D eigenvalue weighted by Gasteiger charge is 2.37. The predicted octanol–water partition coefficient (Wildman–Crippen LogP) is 9.59. The summed E-state index contributed by atoms with van der Waals surface area (Å²) in [5.74, 6) is 1.54. The van der Waals surface area contributed by atoms with Gasteiger partial charge in [-0.3, -0.25) is 0 Å². The van der Waals surface area contributed by atoms with Gasteiger partial charge in [-0.2, -0.15) is 0 Å². The average molecular weight is 593 g/mol. The summed E-state index contributed by atoms with van der Waals surface area (Å²) >= 11 is 0. The van der Waals surface area contributed by atoms with Gasteiger partial charge in [-0.25, -0.2) is 9.98 Å². The van der Waals surface area contributed by atoms with Crippen molar-refractivity contribution in [2.45, 2.75) is 25.4 Å². The third kappa shape index (κ3) is 4.00. The van der Waals surface area contributed by atoms with Gasteiger partial charge in [0.2, 0.25) is 0 Å². The highest BCUT2D eigenvalue weighted by atomic mass is 15.2. The summed E-state index contributed by atoms with van der Waals surface area (Å²) in [5, 5.41) is 6.15. The quantitative estimate of drug-likeness (QED) is 0.217. The molecular formula is C42H32N4. The molecule has 1 atom stereocenters. The molecule has 4 heteroatoms. The van der Waals surface area contributed by atoms with Crippen LogP contribution in [-0.4, -0.2) is 16.2 Å². The molecule has 1 aliphatic heterocycles. The van der Waals surface area contributed by atoms with Gasteiger partial charge >= 0.3 is 0 Å². The number of benzene rings is 6. The Labute approximate surface area is 268 Å². The van der Waals surface area contributed by atoms with Crippen LogP contribution in [0.1, 0.15) is 47.8 Å². The topological polar surface area (TPSA) is 41.7 Å². The number of fused-ring (bicyclic) bond motifs is 7. The molecule has 0 amide bonds. The second-order valence-corrected chi connectivity index (χ2v) is 12.7. The number of aromatic nitrogens is 1. The van der Waals surface area contributed by atoms with Gasteiger partial charge in [0.05, 0.1) is 11.0 Å². The Bertz CT molecular complexity index is 2340. The summed E-state index contributed by atoms with van der Waals surface area (Å²) in [6.07, 6.45) is -0.227. The molecule has 220 valence electrons. The van der Waals surface area contributed by atoms with Crippen LogP contribution in [0.15, 0.2) is 156 Å². The number of nitrogens with zero attached hydrogens (tertiary/aromatic N) is 3. The van der Waals surface area contributed by atoms with Crippen LogP contribution in [0.25, 0.3) is 38.6 Å². The predicted molar refractivity (Wildman–Crippen MR) is 190 cm³/mol. The first kappa shape index (κ1) is 26.6. The highest BCUT2D eigenvalue weighted by molar-refractivity contribution is 6.18. The standard InChI is InChI=1S/C42H32N4/c1-42(2)33-19-11-9-17-31(33)37-34(42)25-26-36-38(37)32-18-10-12-20-35(32)46(36)30-23-21-29(22-24-30)41-44-39(27-13-5-3-6-14-27)43-40(45-41)28-15-7-4-8-16-28/h3-26,39H,1-2H3,(H,43,44,45). The Hall–Kier alpha value is -5.74. The molecule has 2 heterocycles. The van der Waals surface area contributed by atoms with Gasteiger partial charge in [-0.15, -0.1) is 0 Å². The van der Waals surface area contributed by atoms with Crippen LogP contribution in [-0.2, 0) is 5.41 Å². The van der Waals surface area contributed by atoms with E-state index in [1.54, 1.807) is 0 Å². The van der Waals surface area contributed by atoms with Crippen LogP contribution in [0.2, 0.25) is 0 Å². The van der Waals surface area contributed by atoms with Crippen LogP contribution in [0.5, 0.6) is 0 Å². The minimum absolute atomic E-state index is 0.0444. The zero-order valence-electron chi connectivity index (χ0n) is 25.8. The molecule has 1 N–H and O–H groups in total. The van der Waals surface area contributed by atoms with E-state index < -0.39 is 0 Å². The van der Waals surface area contributed by atoms with Gasteiger partial charge in [0.1, 0.15) is 12.0 Å². The van der Waals surface area contributed by atoms with Gasteiger partial charge in [-0.05, 0) is 64.2 Å². The minimum atomic E-state index is -0.227. The normalized spacial score (nSPS) is 16.4. The number of hydrogen-bond acceptors (Lipinski definition) is 3. The molecule has 4 nitrogen and oxygen atoms in total. The lowest BCUT2D eigenvalue weighted by Crippen LogP contribution is -2.33. The van der Waals surface area contributed by atoms with Crippen molar-refractivity contribution in [2.24, 2.45) is 9.98 Å². The summed E-state index contributed by atoms with van der Waals surface area (Å²) < 4.78 is 2.40. The molecule has 9 rings (SSSR count). The number of hydrogen-bond donors (Lipinski definition) is 1. The monoisotopic (exact) mass is 592 g/mol. The van der Waals surface area contributed by atoms with E-state index in [4.69, 9.17) is 9.98 Å². The molecule has 2 aliphatic rings. The third-order valence-electron chi connectivity index (χ3n) is 9.67. The Morgan fingerprint density at radius 3 is 2.11 bits per heavy atom. The first-order valence-corrected chi connectivity index (χ1v) is 15.9. The number of aliphatic imine (C=N–C) groups is 2. The Morgan fingerprint density at radius 1 is 0.609 bits per heavy atom. The van der Waals surface area contributed by atoms with Gasteiger partial charge in [0.15, 0.2) is 5.84 Å². The molecule has 6 aromatic carbocycles. The van der Waals surface area contributed by atoms with Gasteiger partial charge in [-0.1, -0.05) is 123 Å². The summed E-state index contributed by atoms with van der Waals surface area (Å²) in [7, 11) is 0. The molecule has 46 heavy (non-hydrogen) atoms. The van der Waals surface area contributed by atoms with E-state index in [1.165, 1.54) is 44.1 Å². The lowest BCUT2D eigenvalue weighted by Gasteiger charge is -2.23. The van der Waals surface area contributed by atoms with Crippen molar-refractivity contribution in [3.8, 4) is 16.8 Å². The van der Waals surface area contributed by atoms with E-state index in [-0.39, 0.29) is 11.6 Å². The zero-order chi connectivity index (χ0) is 30.8. The van der Waals surface area contributed by atoms with Gasteiger partial charge in [0, 0.05) is 33.0 Å². The Kier molecular flexibility index (Phi) is 5.88. The van der Waals surface area contributed by atoms with Gasteiger partial charge < -0.3 is 9.88 Å². The molecule has 1 unspecified atom stereocenters. The summed E-state index contributed by atoms with van der Waals surface area (Å²) in [6.45, 7) is 4.69. The molecule has 0 fully saturated rings. The zero-order valence-corrected chi connectivity index (χ0v) is 25.8. The van der Waals surface area contributed by atoms with Crippen LogP contribution >= 0.6 is 0 Å². The second kappa shape index (κ2) is 10.1. The first-order valence-electron chi connectivity index (χ1n) is 15.9. The summed E-state index contributed by atoms with van der Waals surface area (Å²) in [5.41, 5.74) is 12.1. The Balaban J connectivity index is 1.19. The second-order valence-electron chi connectivity index (χ2n) is 12.7. The molecule has 0 radical (unpaired) electrons. The van der Waals surface area contributed by atoms with E-state index in [0.29, 0.717) is 0 Å². The van der Waals surface area contributed by atoms with Crippen molar-refractivity contribution in [3.05, 3.63) is 173 Å². The van der Waals surface area contributed by atoms with Crippen LogP contribution < -0.4 is 5.32 Å². The molecule has 0 saturated carbocycles. The van der Waals surface area contributed by atoms with Crippen LogP contribution in [0.3, 0.4) is 0 Å². The molecule has 0 saturated heterocycles. The van der Waals surface area contributed by atoms with Crippen molar-refractivity contribution in [1.29, 1.82) is 0 Å². The molecule has 0 bridgehead atoms. The van der Waals surface area contributed by atoms with E-state index in [9.17, 15) is 0 Å². The van der Waals surface area contributed by atoms with Gasteiger partial charge in [0.25, 0.3) is 0 Å². The smallest absolute Gasteiger partial charge is 0.159 e. The fourth-order valence-corrected chi connectivity index (χ4v) is 7.42. The van der Waals surface area contributed by atoms with Crippen molar-refractivity contribution >= 4 is 33.5 Å². The lowest BCUT2D eigenvalue weighted by atomic mass is 9.82. The first-order chi connectivity index (χ1) is 22.6. The maximum absolute atomic E-state index is 5.08. The lowest BCUT2D eigenvalue weighted by molar-refractivity contribution is 0.661. The maximum Gasteiger partial charge on any atom is 0.159 e.